The Kier molecular flexibility index (Phi) is 7.02. The van der Waals surface area contributed by atoms with Gasteiger partial charge >= 0.3 is 5.97 Å². The molecule has 0 bridgehead atoms. The highest BCUT2D eigenvalue weighted by atomic mass is 16.5. The number of benzene rings is 2. The van der Waals surface area contributed by atoms with E-state index in [2.05, 4.69) is 5.32 Å². The zero-order valence-corrected chi connectivity index (χ0v) is 14.9. The summed E-state index contributed by atoms with van der Waals surface area (Å²) >= 11 is 0. The number of aliphatic carboxylic acids is 1. The van der Waals surface area contributed by atoms with Crippen LogP contribution < -0.4 is 14.8 Å². The molecule has 6 heteroatoms. The average molecular weight is 357 g/mol. The van der Waals surface area contributed by atoms with E-state index in [0.717, 1.165) is 5.56 Å². The van der Waals surface area contributed by atoms with Crippen molar-refractivity contribution in [1.82, 2.24) is 5.32 Å². The smallest absolute Gasteiger partial charge is 0.341 e. The fraction of sp³-hybridized carbons (Fsp3) is 0.300. The first-order valence-electron chi connectivity index (χ1n) is 8.45. The molecule has 0 aliphatic heterocycles. The minimum Gasteiger partial charge on any atom is -0.490 e. The molecule has 26 heavy (non-hydrogen) atoms. The lowest BCUT2D eigenvalue weighted by atomic mass is 10.0. The van der Waals surface area contributed by atoms with Crippen molar-refractivity contribution in [2.75, 3.05) is 19.8 Å². The van der Waals surface area contributed by atoms with E-state index in [1.807, 2.05) is 37.3 Å². The zero-order chi connectivity index (χ0) is 18.9. The first-order valence-corrected chi connectivity index (χ1v) is 8.45. The van der Waals surface area contributed by atoms with Gasteiger partial charge < -0.3 is 19.9 Å². The van der Waals surface area contributed by atoms with E-state index in [0.29, 0.717) is 30.2 Å². The molecule has 6 nitrogen and oxygen atoms in total. The van der Waals surface area contributed by atoms with E-state index < -0.39 is 12.6 Å². The van der Waals surface area contributed by atoms with E-state index in [4.69, 9.17) is 14.6 Å². The summed E-state index contributed by atoms with van der Waals surface area (Å²) in [5.74, 6) is -0.478. The topological polar surface area (TPSA) is 84.9 Å². The molecule has 0 spiro atoms. The summed E-state index contributed by atoms with van der Waals surface area (Å²) in [6.07, 6.45) is 0. The Labute approximate surface area is 152 Å². The van der Waals surface area contributed by atoms with Gasteiger partial charge in [-0.3, -0.25) is 4.79 Å². The van der Waals surface area contributed by atoms with Gasteiger partial charge in [0.2, 0.25) is 0 Å². The van der Waals surface area contributed by atoms with Gasteiger partial charge in [-0.2, -0.15) is 0 Å². The maximum Gasteiger partial charge on any atom is 0.341 e. The molecule has 1 unspecified atom stereocenters. The molecular weight excluding hydrogens is 334 g/mol. The largest absolute Gasteiger partial charge is 0.490 e. The molecule has 0 saturated heterocycles. The van der Waals surface area contributed by atoms with Crippen LogP contribution in [-0.2, 0) is 4.79 Å². The third-order valence-electron chi connectivity index (χ3n) is 3.79. The normalized spacial score (nSPS) is 11.5. The Morgan fingerprint density at radius 3 is 2.46 bits per heavy atom. The fourth-order valence-corrected chi connectivity index (χ4v) is 2.42. The van der Waals surface area contributed by atoms with Crippen LogP contribution in [0.15, 0.2) is 48.5 Å². The van der Waals surface area contributed by atoms with Crippen molar-refractivity contribution < 1.29 is 24.2 Å². The van der Waals surface area contributed by atoms with E-state index in [1.165, 1.54) is 0 Å². The highest BCUT2D eigenvalue weighted by molar-refractivity contribution is 5.94. The van der Waals surface area contributed by atoms with Crippen molar-refractivity contribution >= 4 is 11.9 Å². The lowest BCUT2D eigenvalue weighted by Crippen LogP contribution is -2.27. The van der Waals surface area contributed by atoms with Crippen LogP contribution in [0.4, 0.5) is 0 Å². The molecule has 0 aromatic heterocycles. The number of carboxylic acids is 1. The molecule has 138 valence electrons. The second-order valence-corrected chi connectivity index (χ2v) is 5.80. The molecule has 0 aliphatic carbocycles. The molecular formula is C20H23NO5. The fourth-order valence-electron chi connectivity index (χ4n) is 2.42. The van der Waals surface area contributed by atoms with Crippen molar-refractivity contribution in [2.45, 2.75) is 19.8 Å². The monoisotopic (exact) mass is 357 g/mol. The number of hydrogen-bond donors (Lipinski definition) is 2. The number of carbonyl (C=O) groups is 2. The standard InChI is InChI=1S/C20H23NO5/c1-3-25-18-11-16(9-10-17(18)26-13-19(22)23)20(24)21-12-14(2)15-7-5-4-6-8-15/h4-11,14H,3,12-13H2,1-2H3,(H,21,24)(H,22,23). The summed E-state index contributed by atoms with van der Waals surface area (Å²) < 4.78 is 10.6. The molecule has 0 saturated carbocycles. The number of rotatable bonds is 9. The van der Waals surface area contributed by atoms with Crippen molar-refractivity contribution in [3.63, 3.8) is 0 Å². The molecule has 0 radical (unpaired) electrons. The zero-order valence-electron chi connectivity index (χ0n) is 14.9. The van der Waals surface area contributed by atoms with Crippen LogP contribution in [0.5, 0.6) is 11.5 Å². The van der Waals surface area contributed by atoms with E-state index in [1.54, 1.807) is 25.1 Å². The average Bonchev–Trinajstić information content (AvgIpc) is 2.65. The van der Waals surface area contributed by atoms with Gasteiger partial charge in [-0.25, -0.2) is 4.79 Å². The number of hydrogen-bond acceptors (Lipinski definition) is 4. The van der Waals surface area contributed by atoms with Crippen molar-refractivity contribution in [2.24, 2.45) is 0 Å². The molecule has 2 aromatic carbocycles. The number of carbonyl (C=O) groups excluding carboxylic acids is 1. The Balaban J connectivity index is 2.03. The van der Waals surface area contributed by atoms with Gasteiger partial charge in [0.15, 0.2) is 18.1 Å². The van der Waals surface area contributed by atoms with Crippen LogP contribution >= 0.6 is 0 Å². The minimum absolute atomic E-state index is 0.185. The highest BCUT2D eigenvalue weighted by Gasteiger charge is 2.14. The van der Waals surface area contributed by atoms with E-state index in [-0.39, 0.29) is 11.8 Å². The van der Waals surface area contributed by atoms with Crippen molar-refractivity contribution in [3.05, 3.63) is 59.7 Å². The molecule has 1 amide bonds. The van der Waals surface area contributed by atoms with Gasteiger partial charge in [-0.15, -0.1) is 0 Å². The molecule has 2 rings (SSSR count). The molecule has 0 heterocycles. The van der Waals surface area contributed by atoms with E-state index in [9.17, 15) is 9.59 Å². The predicted octanol–water partition coefficient (Wildman–Crippen LogP) is 3.08. The van der Waals surface area contributed by atoms with Crippen molar-refractivity contribution in [3.8, 4) is 11.5 Å². The summed E-state index contributed by atoms with van der Waals surface area (Å²) in [4.78, 5) is 23.1. The predicted molar refractivity (Wildman–Crippen MR) is 97.9 cm³/mol. The second kappa shape index (κ2) is 9.46. The third kappa shape index (κ3) is 5.51. The van der Waals surface area contributed by atoms with Gasteiger partial charge in [-0.05, 0) is 36.6 Å². The minimum atomic E-state index is -1.08. The maximum absolute atomic E-state index is 12.4. The summed E-state index contributed by atoms with van der Waals surface area (Å²) in [5, 5.41) is 11.6. The highest BCUT2D eigenvalue weighted by Crippen LogP contribution is 2.28. The van der Waals surface area contributed by atoms with E-state index >= 15 is 0 Å². The van der Waals surface area contributed by atoms with Gasteiger partial charge in [0.1, 0.15) is 0 Å². The summed E-state index contributed by atoms with van der Waals surface area (Å²) in [5.41, 5.74) is 1.58. The van der Waals surface area contributed by atoms with Crippen LogP contribution in [0, 0.1) is 0 Å². The molecule has 1 atom stereocenters. The van der Waals surface area contributed by atoms with Gasteiger partial charge in [0.05, 0.1) is 6.61 Å². The summed E-state index contributed by atoms with van der Waals surface area (Å²) in [6.45, 7) is 4.25. The number of amides is 1. The number of carboxylic acid groups (broad SMARTS) is 1. The first-order chi connectivity index (χ1) is 12.5. The van der Waals surface area contributed by atoms with Gasteiger partial charge in [0.25, 0.3) is 5.91 Å². The summed E-state index contributed by atoms with van der Waals surface area (Å²) in [6, 6.07) is 14.6. The number of nitrogens with one attached hydrogen (secondary N) is 1. The van der Waals surface area contributed by atoms with Crippen LogP contribution in [0.2, 0.25) is 0 Å². The Hall–Kier alpha value is -3.02. The molecule has 0 aliphatic rings. The van der Waals surface area contributed by atoms with Gasteiger partial charge in [-0.1, -0.05) is 37.3 Å². The Bertz CT molecular complexity index is 745. The Morgan fingerprint density at radius 1 is 1.08 bits per heavy atom. The molecule has 2 aromatic rings. The second-order valence-electron chi connectivity index (χ2n) is 5.80. The lowest BCUT2D eigenvalue weighted by Gasteiger charge is -2.15. The number of ether oxygens (including phenoxy) is 2. The molecule has 0 fully saturated rings. The SMILES string of the molecule is CCOc1cc(C(=O)NCC(C)c2ccccc2)ccc1OCC(=O)O. The third-order valence-corrected chi connectivity index (χ3v) is 3.79. The quantitative estimate of drug-likeness (QED) is 0.720. The van der Waals surface area contributed by atoms with Crippen LogP contribution in [0.25, 0.3) is 0 Å². The van der Waals surface area contributed by atoms with Crippen LogP contribution in [-0.4, -0.2) is 36.7 Å². The maximum atomic E-state index is 12.4. The van der Waals surface area contributed by atoms with Gasteiger partial charge in [0, 0.05) is 12.1 Å². The van der Waals surface area contributed by atoms with Crippen LogP contribution in [0.3, 0.4) is 0 Å². The summed E-state index contributed by atoms with van der Waals surface area (Å²) in [7, 11) is 0. The molecule has 2 N–H and O–H groups in total. The lowest BCUT2D eigenvalue weighted by molar-refractivity contribution is -0.139. The van der Waals surface area contributed by atoms with Crippen LogP contribution in [0.1, 0.15) is 35.7 Å². The first kappa shape index (κ1) is 19.3. The Morgan fingerprint density at radius 2 is 1.81 bits per heavy atom. The van der Waals surface area contributed by atoms with Crippen molar-refractivity contribution in [1.29, 1.82) is 0 Å².